The second kappa shape index (κ2) is 6.03. The number of hydrogen-bond acceptors (Lipinski definition) is 2. The molecule has 1 aromatic rings. The van der Waals surface area contributed by atoms with Crippen LogP contribution in [0.4, 0.5) is 0 Å². The van der Waals surface area contributed by atoms with Crippen LogP contribution in [0.25, 0.3) is 0 Å². The lowest BCUT2D eigenvalue weighted by molar-refractivity contribution is -0.134. The molecule has 2 unspecified atom stereocenters. The molecule has 1 aliphatic carbocycles. The van der Waals surface area contributed by atoms with E-state index in [1.807, 2.05) is 24.3 Å². The standard InChI is InChI=1S/C20H25NO2/c1-23-19-8-3-2-5-15(19)13-20(22)21-17-9-10-18(21)12-16(11-17)14-6-4-7-14/h2-3,5,8,17-18H,4,6-7,9-13H2,1H3. The van der Waals surface area contributed by atoms with Gasteiger partial charge in [0.15, 0.2) is 0 Å². The molecule has 4 rings (SSSR count). The Morgan fingerprint density at radius 2 is 1.83 bits per heavy atom. The highest BCUT2D eigenvalue weighted by atomic mass is 16.5. The van der Waals surface area contributed by atoms with Gasteiger partial charge >= 0.3 is 0 Å². The van der Waals surface area contributed by atoms with Crippen LogP contribution in [0.2, 0.25) is 0 Å². The topological polar surface area (TPSA) is 29.5 Å². The molecular formula is C20H25NO2. The molecule has 1 amide bonds. The number of fused-ring (bicyclic) bond motifs is 2. The first-order chi connectivity index (χ1) is 11.3. The maximum absolute atomic E-state index is 12.9. The summed E-state index contributed by atoms with van der Waals surface area (Å²) in [6, 6.07) is 8.76. The Labute approximate surface area is 138 Å². The van der Waals surface area contributed by atoms with Crippen LogP contribution in [0.15, 0.2) is 35.4 Å². The average molecular weight is 311 g/mol. The third kappa shape index (κ3) is 2.66. The van der Waals surface area contributed by atoms with Crippen LogP contribution in [0, 0.1) is 0 Å². The first kappa shape index (κ1) is 14.8. The summed E-state index contributed by atoms with van der Waals surface area (Å²) >= 11 is 0. The Bertz CT molecular complexity index is 627. The largest absolute Gasteiger partial charge is 0.496 e. The van der Waals surface area contributed by atoms with Crippen LogP contribution in [0.3, 0.4) is 0 Å². The summed E-state index contributed by atoms with van der Waals surface area (Å²) in [7, 11) is 1.67. The summed E-state index contributed by atoms with van der Waals surface area (Å²) in [6.07, 6.45) is 9.06. The Morgan fingerprint density at radius 3 is 2.43 bits per heavy atom. The van der Waals surface area contributed by atoms with E-state index < -0.39 is 0 Å². The first-order valence-corrected chi connectivity index (χ1v) is 8.89. The van der Waals surface area contributed by atoms with Crippen molar-refractivity contribution < 1.29 is 9.53 Å². The van der Waals surface area contributed by atoms with Gasteiger partial charge in [0.1, 0.15) is 5.75 Å². The summed E-state index contributed by atoms with van der Waals surface area (Å²) in [6.45, 7) is 0. The van der Waals surface area contributed by atoms with Crippen molar-refractivity contribution in [2.24, 2.45) is 0 Å². The highest BCUT2D eigenvalue weighted by Gasteiger charge is 2.42. The Hall–Kier alpha value is -1.77. The molecule has 1 saturated carbocycles. The number of carbonyl (C=O) groups excluding carboxylic acids is 1. The molecule has 2 bridgehead atoms. The molecule has 3 nitrogen and oxygen atoms in total. The molecule has 0 spiro atoms. The molecule has 1 aromatic carbocycles. The lowest BCUT2D eigenvalue weighted by Crippen LogP contribution is -2.45. The molecule has 0 radical (unpaired) electrons. The normalized spacial score (nSPS) is 26.2. The number of piperidine rings is 1. The zero-order valence-electron chi connectivity index (χ0n) is 13.9. The number of allylic oxidation sites excluding steroid dienone is 1. The van der Waals surface area contributed by atoms with E-state index in [-0.39, 0.29) is 5.91 Å². The fraction of sp³-hybridized carbons (Fsp3) is 0.550. The number of benzene rings is 1. The minimum absolute atomic E-state index is 0.277. The number of hydrogen-bond donors (Lipinski definition) is 0. The molecule has 3 aliphatic rings. The van der Waals surface area contributed by atoms with Gasteiger partial charge in [0.2, 0.25) is 5.91 Å². The maximum atomic E-state index is 12.9. The summed E-state index contributed by atoms with van der Waals surface area (Å²) in [5.41, 5.74) is 4.39. The van der Waals surface area contributed by atoms with Crippen LogP contribution in [-0.2, 0) is 11.2 Å². The van der Waals surface area contributed by atoms with Gasteiger partial charge in [-0.15, -0.1) is 0 Å². The number of ether oxygens (including phenoxy) is 1. The van der Waals surface area contributed by atoms with Gasteiger partial charge in [-0.3, -0.25) is 4.79 Å². The monoisotopic (exact) mass is 311 g/mol. The van der Waals surface area contributed by atoms with Crippen LogP contribution in [0.5, 0.6) is 5.75 Å². The van der Waals surface area contributed by atoms with E-state index in [0.717, 1.165) is 24.2 Å². The van der Waals surface area contributed by atoms with E-state index in [0.29, 0.717) is 18.5 Å². The Morgan fingerprint density at radius 1 is 1.13 bits per heavy atom. The third-order valence-electron chi connectivity index (χ3n) is 5.86. The van der Waals surface area contributed by atoms with Crippen molar-refractivity contribution in [1.29, 1.82) is 0 Å². The van der Waals surface area contributed by atoms with E-state index >= 15 is 0 Å². The van der Waals surface area contributed by atoms with Crippen molar-refractivity contribution in [2.75, 3.05) is 7.11 Å². The fourth-order valence-electron chi connectivity index (χ4n) is 4.52. The predicted octanol–water partition coefficient (Wildman–Crippen LogP) is 3.87. The van der Waals surface area contributed by atoms with Gasteiger partial charge in [0.05, 0.1) is 13.5 Å². The zero-order chi connectivity index (χ0) is 15.8. The average Bonchev–Trinajstić information content (AvgIpc) is 2.77. The molecule has 3 fully saturated rings. The molecule has 2 heterocycles. The second-order valence-corrected chi connectivity index (χ2v) is 7.14. The fourth-order valence-corrected chi connectivity index (χ4v) is 4.52. The maximum Gasteiger partial charge on any atom is 0.227 e. The number of nitrogens with zero attached hydrogens (tertiary/aromatic N) is 1. The minimum Gasteiger partial charge on any atom is -0.496 e. The van der Waals surface area contributed by atoms with Crippen molar-refractivity contribution in [3.8, 4) is 5.75 Å². The number of carbonyl (C=O) groups is 1. The second-order valence-electron chi connectivity index (χ2n) is 7.14. The number of rotatable bonds is 3. The van der Waals surface area contributed by atoms with Gasteiger partial charge in [-0.25, -0.2) is 0 Å². The lowest BCUT2D eigenvalue weighted by atomic mass is 9.82. The van der Waals surface area contributed by atoms with Gasteiger partial charge in [-0.1, -0.05) is 29.3 Å². The summed E-state index contributed by atoms with van der Waals surface area (Å²) in [5, 5.41) is 0. The van der Waals surface area contributed by atoms with E-state index in [1.54, 1.807) is 18.3 Å². The minimum atomic E-state index is 0.277. The SMILES string of the molecule is COc1ccccc1CC(=O)N1C2CCC1CC(=C1CCC1)C2. The Balaban J connectivity index is 1.49. The van der Waals surface area contributed by atoms with Crippen molar-refractivity contribution in [1.82, 2.24) is 4.90 Å². The van der Waals surface area contributed by atoms with E-state index in [2.05, 4.69) is 4.90 Å². The number of para-hydroxylation sites is 1. The molecular weight excluding hydrogens is 286 g/mol. The molecule has 0 N–H and O–H groups in total. The summed E-state index contributed by atoms with van der Waals surface area (Å²) < 4.78 is 5.40. The molecule has 23 heavy (non-hydrogen) atoms. The molecule has 2 aliphatic heterocycles. The van der Waals surface area contributed by atoms with Gasteiger partial charge < -0.3 is 9.64 Å². The van der Waals surface area contributed by atoms with E-state index in [4.69, 9.17) is 4.74 Å². The summed E-state index contributed by atoms with van der Waals surface area (Å²) in [5.74, 6) is 1.10. The van der Waals surface area contributed by atoms with Crippen molar-refractivity contribution in [3.05, 3.63) is 41.0 Å². The lowest BCUT2D eigenvalue weighted by Gasteiger charge is -2.38. The first-order valence-electron chi connectivity index (χ1n) is 8.89. The molecule has 0 aromatic heterocycles. The van der Waals surface area contributed by atoms with Gasteiger partial charge in [0, 0.05) is 17.6 Å². The van der Waals surface area contributed by atoms with Crippen LogP contribution >= 0.6 is 0 Å². The van der Waals surface area contributed by atoms with Crippen LogP contribution in [-0.4, -0.2) is 30.0 Å². The molecule has 122 valence electrons. The van der Waals surface area contributed by atoms with Crippen LogP contribution < -0.4 is 4.74 Å². The van der Waals surface area contributed by atoms with Crippen molar-refractivity contribution in [2.45, 2.75) is 63.5 Å². The smallest absolute Gasteiger partial charge is 0.227 e. The van der Waals surface area contributed by atoms with Gasteiger partial charge in [0.25, 0.3) is 0 Å². The zero-order valence-corrected chi connectivity index (χ0v) is 13.9. The predicted molar refractivity (Wildman–Crippen MR) is 90.5 cm³/mol. The third-order valence-corrected chi connectivity index (χ3v) is 5.86. The molecule has 2 saturated heterocycles. The molecule has 3 heteroatoms. The highest BCUT2D eigenvalue weighted by molar-refractivity contribution is 5.80. The molecule has 2 atom stereocenters. The van der Waals surface area contributed by atoms with Crippen molar-refractivity contribution in [3.63, 3.8) is 0 Å². The van der Waals surface area contributed by atoms with Gasteiger partial charge in [-0.05, 0) is 51.0 Å². The number of amides is 1. The van der Waals surface area contributed by atoms with Crippen molar-refractivity contribution >= 4 is 5.91 Å². The summed E-state index contributed by atoms with van der Waals surface area (Å²) in [4.78, 5) is 15.1. The number of methoxy groups -OCH3 is 1. The highest BCUT2D eigenvalue weighted by Crippen LogP contribution is 2.43. The van der Waals surface area contributed by atoms with Crippen LogP contribution in [0.1, 0.15) is 50.5 Å². The quantitative estimate of drug-likeness (QED) is 0.793. The Kier molecular flexibility index (Phi) is 3.88. The van der Waals surface area contributed by atoms with E-state index in [1.165, 1.54) is 32.1 Å². The van der Waals surface area contributed by atoms with Gasteiger partial charge in [-0.2, -0.15) is 0 Å². The van der Waals surface area contributed by atoms with E-state index in [9.17, 15) is 4.79 Å².